The van der Waals surface area contributed by atoms with Crippen LogP contribution in [0.2, 0.25) is 0 Å². The maximum atomic E-state index is 11.5. The number of ether oxygens (including phenoxy) is 1. The predicted octanol–water partition coefficient (Wildman–Crippen LogP) is 3.15. The molecule has 2 rings (SSSR count). The molecule has 0 fully saturated rings. The van der Waals surface area contributed by atoms with E-state index in [0.29, 0.717) is 5.75 Å². The van der Waals surface area contributed by atoms with Gasteiger partial charge in [0.15, 0.2) is 0 Å². The van der Waals surface area contributed by atoms with Crippen molar-refractivity contribution < 1.29 is 19.4 Å². The van der Waals surface area contributed by atoms with Gasteiger partial charge in [-0.3, -0.25) is 4.79 Å². The summed E-state index contributed by atoms with van der Waals surface area (Å²) in [5.74, 6) is -0.765. The summed E-state index contributed by atoms with van der Waals surface area (Å²) < 4.78 is 5.98. The number of carboxylic acid groups (broad SMARTS) is 1. The molecule has 2 unspecified atom stereocenters. The fraction of sp³-hybridized carbons (Fsp3) is 0.368. The Kier molecular flexibility index (Phi) is 5.79. The number of amides is 1. The Morgan fingerprint density at radius 3 is 2.54 bits per heavy atom. The first-order valence-electron chi connectivity index (χ1n) is 8.09. The number of fused-ring (bicyclic) bond motifs is 1. The van der Waals surface area contributed by atoms with Gasteiger partial charge in [0.1, 0.15) is 11.8 Å². The summed E-state index contributed by atoms with van der Waals surface area (Å²) in [7, 11) is 0. The third-order valence-electron chi connectivity index (χ3n) is 3.98. The molecule has 0 aliphatic heterocycles. The topological polar surface area (TPSA) is 75.6 Å². The van der Waals surface area contributed by atoms with Gasteiger partial charge in [-0.25, -0.2) is 4.79 Å². The molecule has 0 aliphatic carbocycles. The van der Waals surface area contributed by atoms with E-state index in [4.69, 9.17) is 4.74 Å². The summed E-state index contributed by atoms with van der Waals surface area (Å²) in [5.41, 5.74) is 0.801. The first-order valence-corrected chi connectivity index (χ1v) is 8.09. The van der Waals surface area contributed by atoms with Gasteiger partial charge in [-0.1, -0.05) is 37.3 Å². The van der Waals surface area contributed by atoms with Crippen molar-refractivity contribution in [3.8, 4) is 5.75 Å². The lowest BCUT2D eigenvalue weighted by molar-refractivity contribution is -0.141. The maximum Gasteiger partial charge on any atom is 0.326 e. The van der Waals surface area contributed by atoms with Crippen LogP contribution in [0.4, 0.5) is 0 Å². The van der Waals surface area contributed by atoms with Gasteiger partial charge in [0.05, 0.1) is 6.10 Å². The van der Waals surface area contributed by atoms with Crippen LogP contribution >= 0.6 is 0 Å². The summed E-state index contributed by atoms with van der Waals surface area (Å²) in [5, 5.41) is 13.9. The van der Waals surface area contributed by atoms with Crippen LogP contribution in [0.25, 0.3) is 10.8 Å². The Labute approximate surface area is 141 Å². The maximum absolute atomic E-state index is 11.5. The van der Waals surface area contributed by atoms with Crippen molar-refractivity contribution in [1.82, 2.24) is 5.32 Å². The largest absolute Gasteiger partial charge is 0.490 e. The highest BCUT2D eigenvalue weighted by atomic mass is 16.5. The van der Waals surface area contributed by atoms with Crippen molar-refractivity contribution in [2.24, 2.45) is 0 Å². The molecule has 0 saturated carbocycles. The third-order valence-corrected chi connectivity index (χ3v) is 3.98. The van der Waals surface area contributed by atoms with Gasteiger partial charge in [-0.05, 0) is 30.2 Å². The summed E-state index contributed by atoms with van der Waals surface area (Å²) >= 11 is 0. The highest BCUT2D eigenvalue weighted by Gasteiger charge is 2.22. The van der Waals surface area contributed by atoms with E-state index in [0.717, 1.165) is 22.8 Å². The number of hydrogen-bond donors (Lipinski definition) is 2. The summed E-state index contributed by atoms with van der Waals surface area (Å²) in [6.45, 7) is 5.32. The number of carbonyl (C=O) groups is 2. The van der Waals surface area contributed by atoms with Crippen molar-refractivity contribution in [2.45, 2.75) is 45.8 Å². The highest BCUT2D eigenvalue weighted by molar-refractivity contribution is 5.89. The Balaban J connectivity index is 2.48. The minimum absolute atomic E-state index is 0.0222. The van der Waals surface area contributed by atoms with E-state index in [9.17, 15) is 14.7 Å². The zero-order chi connectivity index (χ0) is 17.7. The van der Waals surface area contributed by atoms with Gasteiger partial charge in [0, 0.05) is 18.9 Å². The molecule has 0 radical (unpaired) electrons. The molecule has 1 amide bonds. The van der Waals surface area contributed by atoms with Crippen LogP contribution in [0.3, 0.4) is 0 Å². The summed E-state index contributed by atoms with van der Waals surface area (Å²) in [6.07, 6.45) is 1.04. The Hall–Kier alpha value is -2.56. The lowest BCUT2D eigenvalue weighted by Gasteiger charge is -2.20. The van der Waals surface area contributed by atoms with E-state index in [-0.39, 0.29) is 18.4 Å². The summed E-state index contributed by atoms with van der Waals surface area (Å²) in [6, 6.07) is 10.6. The minimum atomic E-state index is -1.06. The fourth-order valence-corrected chi connectivity index (χ4v) is 2.59. The van der Waals surface area contributed by atoms with E-state index in [1.54, 1.807) is 0 Å². The minimum Gasteiger partial charge on any atom is -0.490 e. The highest BCUT2D eigenvalue weighted by Crippen LogP contribution is 2.30. The fourth-order valence-electron chi connectivity index (χ4n) is 2.59. The van der Waals surface area contributed by atoms with Crippen LogP contribution in [0.5, 0.6) is 5.75 Å². The van der Waals surface area contributed by atoms with Gasteiger partial charge in [-0.2, -0.15) is 0 Å². The van der Waals surface area contributed by atoms with Gasteiger partial charge in [0.25, 0.3) is 0 Å². The molecule has 0 saturated heterocycles. The Morgan fingerprint density at radius 2 is 1.92 bits per heavy atom. The summed E-state index contributed by atoms with van der Waals surface area (Å²) in [4.78, 5) is 22.8. The van der Waals surface area contributed by atoms with Crippen LogP contribution in [-0.2, 0) is 16.0 Å². The number of nitrogens with one attached hydrogen (secondary N) is 1. The van der Waals surface area contributed by atoms with E-state index < -0.39 is 12.0 Å². The molecule has 0 bridgehead atoms. The zero-order valence-corrected chi connectivity index (χ0v) is 14.2. The Morgan fingerprint density at radius 1 is 1.21 bits per heavy atom. The first-order chi connectivity index (χ1) is 11.4. The second kappa shape index (κ2) is 7.81. The number of benzene rings is 2. The van der Waals surface area contributed by atoms with E-state index in [1.807, 2.05) is 50.2 Å². The van der Waals surface area contributed by atoms with Gasteiger partial charge < -0.3 is 15.2 Å². The van der Waals surface area contributed by atoms with Crippen LogP contribution in [0.1, 0.15) is 32.8 Å². The van der Waals surface area contributed by atoms with Crippen molar-refractivity contribution in [2.75, 3.05) is 0 Å². The van der Waals surface area contributed by atoms with Crippen molar-refractivity contribution in [3.05, 3.63) is 42.0 Å². The van der Waals surface area contributed by atoms with Crippen molar-refractivity contribution >= 4 is 22.6 Å². The Bertz CT molecular complexity index is 741. The smallest absolute Gasteiger partial charge is 0.326 e. The average molecular weight is 329 g/mol. The second-order valence-electron chi connectivity index (χ2n) is 5.90. The molecular formula is C19H23NO4. The molecule has 2 N–H and O–H groups in total. The number of carboxylic acids is 1. The van der Waals surface area contributed by atoms with Crippen molar-refractivity contribution in [1.29, 1.82) is 0 Å². The molecule has 5 nitrogen and oxygen atoms in total. The van der Waals surface area contributed by atoms with Crippen LogP contribution in [-0.4, -0.2) is 29.1 Å². The van der Waals surface area contributed by atoms with E-state index >= 15 is 0 Å². The molecule has 0 spiro atoms. The molecule has 0 heterocycles. The molecule has 0 aliphatic rings. The quantitative estimate of drug-likeness (QED) is 0.818. The monoisotopic (exact) mass is 329 g/mol. The van der Waals surface area contributed by atoms with Crippen LogP contribution in [0, 0.1) is 0 Å². The lowest BCUT2D eigenvalue weighted by atomic mass is 9.97. The number of hydrogen-bond acceptors (Lipinski definition) is 3. The van der Waals surface area contributed by atoms with Crippen LogP contribution in [0.15, 0.2) is 36.4 Å². The first kappa shape index (κ1) is 17.8. The average Bonchev–Trinajstić information content (AvgIpc) is 2.55. The second-order valence-corrected chi connectivity index (χ2v) is 5.90. The van der Waals surface area contributed by atoms with Gasteiger partial charge >= 0.3 is 5.97 Å². The lowest BCUT2D eigenvalue weighted by Crippen LogP contribution is -2.41. The van der Waals surface area contributed by atoms with Crippen molar-refractivity contribution in [3.63, 3.8) is 0 Å². The molecule has 2 atom stereocenters. The van der Waals surface area contributed by atoms with E-state index in [1.165, 1.54) is 6.92 Å². The molecule has 0 aromatic heterocycles. The predicted molar refractivity (Wildman–Crippen MR) is 93.3 cm³/mol. The number of aliphatic carboxylic acids is 1. The van der Waals surface area contributed by atoms with Gasteiger partial charge in [0.2, 0.25) is 5.91 Å². The number of carbonyl (C=O) groups excluding carboxylic acids is 1. The molecule has 5 heteroatoms. The molecule has 24 heavy (non-hydrogen) atoms. The SMILES string of the molecule is CCC(C)Oc1ccc2ccccc2c1CC(NC(C)=O)C(=O)O. The standard InChI is InChI=1S/C19H23NO4/c1-4-12(2)24-18-10-9-14-7-5-6-8-15(14)16(18)11-17(19(22)23)20-13(3)21/h5-10,12,17H,4,11H2,1-3H3,(H,20,21)(H,22,23). The van der Waals surface area contributed by atoms with E-state index in [2.05, 4.69) is 5.32 Å². The molecule has 2 aromatic carbocycles. The molecular weight excluding hydrogens is 306 g/mol. The van der Waals surface area contributed by atoms with Gasteiger partial charge in [-0.15, -0.1) is 0 Å². The zero-order valence-electron chi connectivity index (χ0n) is 14.2. The molecule has 2 aromatic rings. The number of rotatable bonds is 7. The third kappa shape index (κ3) is 4.25. The molecule has 128 valence electrons. The van der Waals surface area contributed by atoms with Crippen LogP contribution < -0.4 is 10.1 Å². The normalized spacial score (nSPS) is 13.3.